The van der Waals surface area contributed by atoms with Crippen LogP contribution in [-0.2, 0) is 0 Å². The van der Waals surface area contributed by atoms with Crippen LogP contribution in [0.2, 0.25) is 0 Å². The zero-order valence-corrected chi connectivity index (χ0v) is 23.6. The fraction of sp³-hybridized carbons (Fsp3) is 0. The predicted molar refractivity (Wildman–Crippen MR) is 177 cm³/mol. The highest BCUT2D eigenvalue weighted by molar-refractivity contribution is 7.26. The molecule has 5 heteroatoms. The minimum Gasteiger partial charge on any atom is -0.306 e. The summed E-state index contributed by atoms with van der Waals surface area (Å²) in [4.78, 5) is 0. The van der Waals surface area contributed by atoms with E-state index >= 15 is 0 Å². The summed E-state index contributed by atoms with van der Waals surface area (Å²) < 4.78 is 6.29. The van der Waals surface area contributed by atoms with Crippen LogP contribution in [-0.4, -0.2) is 9.13 Å². The highest BCUT2D eigenvalue weighted by Gasteiger charge is 2.29. The standard InChI is InChI=1S/C38H20N4S/c39-21-28-35-27-15-5-10-20-34(27)43-38(35)29(22-40)37(42-32-18-8-3-13-25(32)26-14-4-9-19-33(26)42)36(28)41-30-16-6-1-11-23(30)24-12-2-7-17-31(24)41/h1-20H. The molecule has 0 spiro atoms. The van der Waals surface area contributed by atoms with E-state index in [0.717, 1.165) is 75.2 Å². The largest absolute Gasteiger partial charge is 0.306 e. The van der Waals surface area contributed by atoms with Gasteiger partial charge in [-0.25, -0.2) is 0 Å². The number of fused-ring (bicyclic) bond motifs is 9. The van der Waals surface area contributed by atoms with E-state index in [2.05, 4.69) is 94.1 Å². The van der Waals surface area contributed by atoms with Crippen LogP contribution in [0.3, 0.4) is 0 Å². The van der Waals surface area contributed by atoms with Crippen molar-refractivity contribution >= 4 is 75.1 Å². The minimum atomic E-state index is 0.565. The van der Waals surface area contributed by atoms with E-state index in [1.165, 1.54) is 0 Å². The minimum absolute atomic E-state index is 0.565. The molecule has 0 amide bonds. The Morgan fingerprint density at radius 1 is 0.442 bits per heavy atom. The van der Waals surface area contributed by atoms with E-state index < -0.39 is 0 Å². The summed E-state index contributed by atoms with van der Waals surface area (Å²) in [6, 6.07) is 46.7. The van der Waals surface area contributed by atoms with Crippen LogP contribution in [0.1, 0.15) is 11.1 Å². The second kappa shape index (κ2) is 8.81. The van der Waals surface area contributed by atoms with Gasteiger partial charge in [-0.1, -0.05) is 91.0 Å². The van der Waals surface area contributed by atoms with Crippen molar-refractivity contribution in [3.63, 3.8) is 0 Å². The Balaban J connectivity index is 1.63. The maximum atomic E-state index is 11.1. The third-order valence-electron chi connectivity index (χ3n) is 8.60. The van der Waals surface area contributed by atoms with Crippen molar-refractivity contribution in [3.05, 3.63) is 132 Å². The van der Waals surface area contributed by atoms with E-state index in [1.54, 1.807) is 11.3 Å². The predicted octanol–water partition coefficient (Wildman–Crippen LogP) is 9.99. The zero-order chi connectivity index (χ0) is 28.7. The second-order valence-electron chi connectivity index (χ2n) is 10.7. The van der Waals surface area contributed by atoms with E-state index in [0.29, 0.717) is 11.1 Å². The molecule has 9 rings (SSSR count). The molecule has 0 unspecified atom stereocenters. The zero-order valence-electron chi connectivity index (χ0n) is 22.7. The number of hydrogen-bond donors (Lipinski definition) is 0. The van der Waals surface area contributed by atoms with Crippen LogP contribution >= 0.6 is 11.3 Å². The Hall–Kier alpha value is -5.88. The van der Waals surface area contributed by atoms with Crippen LogP contribution in [0.4, 0.5) is 0 Å². The number of aromatic nitrogens is 2. The number of para-hydroxylation sites is 4. The van der Waals surface area contributed by atoms with E-state index in [4.69, 9.17) is 0 Å². The molecular weight excluding hydrogens is 545 g/mol. The molecule has 0 aliphatic rings. The summed E-state index contributed by atoms with van der Waals surface area (Å²) in [7, 11) is 0. The van der Waals surface area contributed by atoms with Gasteiger partial charge in [0.05, 0.1) is 49.3 Å². The van der Waals surface area contributed by atoms with Crippen molar-refractivity contribution in [2.45, 2.75) is 0 Å². The van der Waals surface area contributed by atoms with Crippen LogP contribution < -0.4 is 0 Å². The van der Waals surface area contributed by atoms with E-state index in [9.17, 15) is 10.5 Å². The van der Waals surface area contributed by atoms with Crippen LogP contribution in [0.5, 0.6) is 0 Å². The summed E-state index contributed by atoms with van der Waals surface area (Å²) in [6.07, 6.45) is 0. The first-order valence-electron chi connectivity index (χ1n) is 14.1. The lowest BCUT2D eigenvalue weighted by atomic mass is 9.98. The number of hydrogen-bond acceptors (Lipinski definition) is 3. The third-order valence-corrected chi connectivity index (χ3v) is 9.79. The first-order chi connectivity index (χ1) is 21.3. The van der Waals surface area contributed by atoms with Crippen molar-refractivity contribution in [2.75, 3.05) is 0 Å². The molecular formula is C38H20N4S. The monoisotopic (exact) mass is 564 g/mol. The Labute approximate surface area is 250 Å². The Kier molecular flexibility index (Phi) is 4.87. The lowest BCUT2D eigenvalue weighted by Crippen LogP contribution is -2.09. The third kappa shape index (κ3) is 3.07. The van der Waals surface area contributed by atoms with Crippen molar-refractivity contribution in [2.24, 2.45) is 0 Å². The number of benzene rings is 6. The molecule has 6 aromatic carbocycles. The molecule has 0 aliphatic heterocycles. The summed E-state index contributed by atoms with van der Waals surface area (Å²) >= 11 is 1.58. The molecule has 0 radical (unpaired) electrons. The Morgan fingerprint density at radius 3 is 1.26 bits per heavy atom. The molecule has 0 saturated heterocycles. The maximum Gasteiger partial charge on any atom is 0.103 e. The normalized spacial score (nSPS) is 11.7. The molecule has 9 aromatic rings. The number of nitriles is 2. The lowest BCUT2D eigenvalue weighted by Gasteiger charge is -2.20. The molecule has 3 heterocycles. The second-order valence-corrected chi connectivity index (χ2v) is 11.8. The highest BCUT2D eigenvalue weighted by Crippen LogP contribution is 2.47. The topological polar surface area (TPSA) is 57.4 Å². The summed E-state index contributed by atoms with van der Waals surface area (Å²) in [5, 5.41) is 28.4. The van der Waals surface area contributed by atoms with E-state index in [-0.39, 0.29) is 0 Å². The number of nitrogens with zero attached hydrogens (tertiary/aromatic N) is 4. The molecule has 0 bridgehead atoms. The quantitative estimate of drug-likeness (QED) is 0.210. The van der Waals surface area contributed by atoms with Gasteiger partial charge >= 0.3 is 0 Å². The SMILES string of the molecule is N#Cc1c(-n2c3ccccc3c3ccccc32)c(-n2c3ccccc3c3ccccc32)c(C#N)c2c1sc1ccccc12. The van der Waals surface area contributed by atoms with Gasteiger partial charge in [0.15, 0.2) is 0 Å². The van der Waals surface area contributed by atoms with Gasteiger partial charge in [-0.05, 0) is 30.3 Å². The average molecular weight is 565 g/mol. The van der Waals surface area contributed by atoms with Crippen molar-refractivity contribution < 1.29 is 0 Å². The van der Waals surface area contributed by atoms with Crippen LogP contribution in [0, 0.1) is 22.7 Å². The smallest absolute Gasteiger partial charge is 0.103 e. The van der Waals surface area contributed by atoms with Gasteiger partial charge in [-0.3, -0.25) is 0 Å². The Bertz CT molecular complexity index is 2600. The van der Waals surface area contributed by atoms with Gasteiger partial charge in [0.25, 0.3) is 0 Å². The van der Waals surface area contributed by atoms with Crippen molar-refractivity contribution in [1.29, 1.82) is 10.5 Å². The van der Waals surface area contributed by atoms with Gasteiger partial charge in [0, 0.05) is 37.0 Å². The molecule has 4 nitrogen and oxygen atoms in total. The van der Waals surface area contributed by atoms with Crippen molar-refractivity contribution in [1.82, 2.24) is 9.13 Å². The molecule has 0 fully saturated rings. The van der Waals surface area contributed by atoms with Crippen molar-refractivity contribution in [3.8, 4) is 23.5 Å². The molecule has 3 aromatic heterocycles. The summed E-state index contributed by atoms with van der Waals surface area (Å²) in [5.74, 6) is 0. The molecule has 0 aliphatic carbocycles. The molecule has 198 valence electrons. The van der Waals surface area contributed by atoms with Gasteiger partial charge in [0.2, 0.25) is 0 Å². The average Bonchev–Trinajstić information content (AvgIpc) is 3.72. The van der Waals surface area contributed by atoms with Gasteiger partial charge in [-0.15, -0.1) is 11.3 Å². The molecule has 0 saturated carbocycles. The van der Waals surface area contributed by atoms with Gasteiger partial charge in [0.1, 0.15) is 12.1 Å². The molecule has 43 heavy (non-hydrogen) atoms. The fourth-order valence-corrected chi connectivity index (χ4v) is 8.11. The summed E-state index contributed by atoms with van der Waals surface area (Å²) in [6.45, 7) is 0. The fourth-order valence-electron chi connectivity index (χ4n) is 6.91. The first-order valence-corrected chi connectivity index (χ1v) is 14.9. The van der Waals surface area contributed by atoms with Gasteiger partial charge in [-0.2, -0.15) is 10.5 Å². The number of rotatable bonds is 2. The summed E-state index contributed by atoms with van der Waals surface area (Å²) in [5.41, 5.74) is 6.54. The highest BCUT2D eigenvalue weighted by atomic mass is 32.1. The molecule has 0 N–H and O–H groups in total. The Morgan fingerprint density at radius 2 is 0.814 bits per heavy atom. The molecule has 0 atom stereocenters. The number of thiophene rings is 1. The lowest BCUT2D eigenvalue weighted by molar-refractivity contribution is 1.09. The maximum absolute atomic E-state index is 11.1. The first kappa shape index (κ1) is 23.8. The van der Waals surface area contributed by atoms with Gasteiger partial charge < -0.3 is 9.13 Å². The van der Waals surface area contributed by atoms with Crippen LogP contribution in [0.25, 0.3) is 75.2 Å². The van der Waals surface area contributed by atoms with Crippen LogP contribution in [0.15, 0.2) is 121 Å². The van der Waals surface area contributed by atoms with E-state index in [1.807, 2.05) is 48.5 Å².